The van der Waals surface area contributed by atoms with E-state index in [4.69, 9.17) is 4.74 Å². The number of hydrogen-bond acceptors (Lipinski definition) is 4. The number of imide groups is 1. The first kappa shape index (κ1) is 15.8. The molecule has 3 amide bonds. The molecule has 2 N–H and O–H groups in total. The van der Waals surface area contributed by atoms with E-state index >= 15 is 0 Å². The van der Waals surface area contributed by atoms with Crippen LogP contribution in [0.5, 0.6) is 5.75 Å². The number of benzene rings is 1. The predicted molar refractivity (Wildman–Crippen MR) is 84.1 cm³/mol. The number of hydrogen-bond donors (Lipinski definition) is 2. The maximum absolute atomic E-state index is 12.5. The monoisotopic (exact) mass is 318 g/mol. The molecule has 6 heteroatoms. The van der Waals surface area contributed by atoms with Crippen molar-refractivity contribution in [3.63, 3.8) is 0 Å². The van der Waals surface area contributed by atoms with Gasteiger partial charge in [-0.2, -0.15) is 0 Å². The third kappa shape index (κ3) is 3.17. The fourth-order valence-electron chi connectivity index (χ4n) is 2.91. The van der Waals surface area contributed by atoms with E-state index in [2.05, 4.69) is 5.32 Å². The fourth-order valence-corrected chi connectivity index (χ4v) is 2.91. The van der Waals surface area contributed by atoms with Gasteiger partial charge in [-0.1, -0.05) is 17.7 Å². The molecule has 0 radical (unpaired) electrons. The van der Waals surface area contributed by atoms with Gasteiger partial charge in [0.05, 0.1) is 6.54 Å². The number of aliphatic hydroxyl groups excluding tert-OH is 1. The molecule has 1 aliphatic heterocycles. The lowest BCUT2D eigenvalue weighted by atomic mass is 9.96. The molecule has 0 aromatic heterocycles. The van der Waals surface area contributed by atoms with Gasteiger partial charge in [0.1, 0.15) is 24.0 Å². The predicted octanol–water partition coefficient (Wildman–Crippen LogP) is 1.46. The summed E-state index contributed by atoms with van der Waals surface area (Å²) in [6.45, 7) is 3.71. The Morgan fingerprint density at radius 2 is 2.00 bits per heavy atom. The van der Waals surface area contributed by atoms with Crippen molar-refractivity contribution in [1.29, 1.82) is 0 Å². The molecule has 2 atom stereocenters. The summed E-state index contributed by atoms with van der Waals surface area (Å²) < 4.78 is 5.50. The van der Waals surface area contributed by atoms with Crippen molar-refractivity contribution in [3.05, 3.63) is 29.8 Å². The molecule has 0 spiro atoms. The average Bonchev–Trinajstić information content (AvgIpc) is 3.33. The largest absolute Gasteiger partial charge is 0.491 e. The molecule has 1 saturated carbocycles. The van der Waals surface area contributed by atoms with Crippen LogP contribution in [0.15, 0.2) is 24.3 Å². The zero-order valence-corrected chi connectivity index (χ0v) is 13.4. The van der Waals surface area contributed by atoms with Gasteiger partial charge < -0.3 is 15.2 Å². The minimum absolute atomic E-state index is 0.0280. The van der Waals surface area contributed by atoms with Crippen molar-refractivity contribution in [2.24, 2.45) is 5.92 Å². The van der Waals surface area contributed by atoms with Crippen molar-refractivity contribution >= 4 is 11.9 Å². The van der Waals surface area contributed by atoms with Crippen molar-refractivity contribution in [2.45, 2.75) is 38.3 Å². The third-order valence-corrected chi connectivity index (χ3v) is 4.55. The summed E-state index contributed by atoms with van der Waals surface area (Å²) in [4.78, 5) is 25.6. The number of carbonyl (C=O) groups excluding carboxylic acids is 2. The van der Waals surface area contributed by atoms with Gasteiger partial charge in [0, 0.05) is 0 Å². The van der Waals surface area contributed by atoms with E-state index in [1.807, 2.05) is 31.2 Å². The minimum Gasteiger partial charge on any atom is -0.491 e. The molecule has 3 rings (SSSR count). The highest BCUT2D eigenvalue weighted by Gasteiger charge is 2.56. The van der Waals surface area contributed by atoms with Crippen LogP contribution in [0.25, 0.3) is 0 Å². The van der Waals surface area contributed by atoms with Crippen molar-refractivity contribution in [1.82, 2.24) is 10.2 Å². The maximum Gasteiger partial charge on any atom is 0.325 e. The molecule has 124 valence electrons. The number of aryl methyl sites for hydroxylation is 1. The van der Waals surface area contributed by atoms with E-state index < -0.39 is 17.7 Å². The molecule has 1 aliphatic carbocycles. The SMILES string of the molecule is Cc1ccc(OC[C@H](O)CN2C(=O)N[C@@](C)(C3CC3)C2=O)cc1. The maximum atomic E-state index is 12.5. The number of rotatable bonds is 6. The van der Waals surface area contributed by atoms with Crippen LogP contribution in [0.2, 0.25) is 0 Å². The fraction of sp³-hybridized carbons (Fsp3) is 0.529. The molecule has 1 aromatic rings. The number of β-amino-alcohol motifs (C(OH)–C–C–N with tert-alkyl or cyclic N) is 1. The Morgan fingerprint density at radius 3 is 2.61 bits per heavy atom. The van der Waals surface area contributed by atoms with Crippen LogP contribution in [0.3, 0.4) is 0 Å². The van der Waals surface area contributed by atoms with Crippen molar-refractivity contribution < 1.29 is 19.4 Å². The second-order valence-corrected chi connectivity index (χ2v) is 6.60. The summed E-state index contributed by atoms with van der Waals surface area (Å²) in [5, 5.41) is 12.8. The summed E-state index contributed by atoms with van der Waals surface area (Å²) >= 11 is 0. The molecule has 1 heterocycles. The molecular weight excluding hydrogens is 296 g/mol. The molecule has 6 nitrogen and oxygen atoms in total. The first-order valence-corrected chi connectivity index (χ1v) is 7.92. The standard InChI is InChI=1S/C17H22N2O4/c1-11-3-7-14(8-4-11)23-10-13(20)9-19-15(21)17(2,12-5-6-12)18-16(19)22/h3-4,7-8,12-13,20H,5-6,9-10H2,1-2H3,(H,18,22)/t13-,17+/m1/s1. The van der Waals surface area contributed by atoms with Crippen LogP contribution < -0.4 is 10.1 Å². The van der Waals surface area contributed by atoms with Crippen LogP contribution in [0.4, 0.5) is 4.79 Å². The van der Waals surface area contributed by atoms with Crippen LogP contribution >= 0.6 is 0 Å². The second kappa shape index (κ2) is 5.85. The lowest BCUT2D eigenvalue weighted by Crippen LogP contribution is -2.46. The Bertz CT molecular complexity index is 612. The van der Waals surface area contributed by atoms with Gasteiger partial charge >= 0.3 is 6.03 Å². The van der Waals surface area contributed by atoms with Crippen LogP contribution in [-0.2, 0) is 4.79 Å². The van der Waals surface area contributed by atoms with Gasteiger partial charge in [-0.25, -0.2) is 4.79 Å². The van der Waals surface area contributed by atoms with Crippen LogP contribution in [0, 0.1) is 12.8 Å². The van der Waals surface area contributed by atoms with E-state index in [1.54, 1.807) is 6.92 Å². The lowest BCUT2D eigenvalue weighted by molar-refractivity contribution is -0.132. The van der Waals surface area contributed by atoms with Gasteiger partial charge in [-0.05, 0) is 44.7 Å². The highest BCUT2D eigenvalue weighted by Crippen LogP contribution is 2.42. The summed E-state index contributed by atoms with van der Waals surface area (Å²) in [5.74, 6) is 0.610. The topological polar surface area (TPSA) is 78.9 Å². The molecule has 23 heavy (non-hydrogen) atoms. The van der Waals surface area contributed by atoms with Crippen LogP contribution in [-0.4, -0.2) is 46.7 Å². The number of amides is 3. The Labute approximate surface area is 135 Å². The third-order valence-electron chi connectivity index (χ3n) is 4.55. The quantitative estimate of drug-likeness (QED) is 0.778. The van der Waals surface area contributed by atoms with Crippen LogP contribution in [0.1, 0.15) is 25.3 Å². The van der Waals surface area contributed by atoms with Gasteiger partial charge in [-0.3, -0.25) is 9.69 Å². The molecule has 2 fully saturated rings. The smallest absolute Gasteiger partial charge is 0.325 e. The minimum atomic E-state index is -0.924. The zero-order valence-electron chi connectivity index (χ0n) is 13.4. The summed E-state index contributed by atoms with van der Waals surface area (Å²) in [5.41, 5.74) is 0.311. The van der Waals surface area contributed by atoms with E-state index in [9.17, 15) is 14.7 Å². The Kier molecular flexibility index (Phi) is 4.02. The summed E-state index contributed by atoms with van der Waals surface area (Å²) in [6.07, 6.45) is 0.984. The number of nitrogens with zero attached hydrogens (tertiary/aromatic N) is 1. The molecule has 0 unspecified atom stereocenters. The van der Waals surface area contributed by atoms with E-state index in [0.717, 1.165) is 23.3 Å². The molecule has 1 aromatic carbocycles. The number of carbonyl (C=O) groups is 2. The number of nitrogens with one attached hydrogen (secondary N) is 1. The molecule has 2 aliphatic rings. The molecule has 1 saturated heterocycles. The Hall–Kier alpha value is -2.08. The van der Waals surface area contributed by atoms with Gasteiger partial charge in [0.2, 0.25) is 0 Å². The molecule has 0 bridgehead atoms. The van der Waals surface area contributed by atoms with Gasteiger partial charge in [0.15, 0.2) is 0 Å². The normalized spacial score (nSPS) is 25.4. The lowest BCUT2D eigenvalue weighted by Gasteiger charge is -2.22. The summed E-state index contributed by atoms with van der Waals surface area (Å²) in [7, 11) is 0. The van der Waals surface area contributed by atoms with Crippen molar-refractivity contribution in [3.8, 4) is 5.75 Å². The van der Waals surface area contributed by atoms with E-state index in [1.165, 1.54) is 0 Å². The second-order valence-electron chi connectivity index (χ2n) is 6.60. The van der Waals surface area contributed by atoms with Gasteiger partial charge in [-0.15, -0.1) is 0 Å². The van der Waals surface area contributed by atoms with E-state index in [-0.39, 0.29) is 25.0 Å². The number of ether oxygens (including phenoxy) is 1. The highest BCUT2D eigenvalue weighted by molar-refractivity contribution is 6.07. The van der Waals surface area contributed by atoms with Crippen molar-refractivity contribution in [2.75, 3.05) is 13.2 Å². The van der Waals surface area contributed by atoms with Gasteiger partial charge in [0.25, 0.3) is 5.91 Å². The zero-order chi connectivity index (χ0) is 16.6. The number of urea groups is 1. The first-order chi connectivity index (χ1) is 10.9. The molecular formula is C17H22N2O4. The first-order valence-electron chi connectivity index (χ1n) is 7.92. The Morgan fingerprint density at radius 1 is 1.35 bits per heavy atom. The average molecular weight is 318 g/mol. The number of aliphatic hydroxyl groups is 1. The Balaban J connectivity index is 1.55. The summed E-state index contributed by atoms with van der Waals surface area (Å²) in [6, 6.07) is 7.04. The van der Waals surface area contributed by atoms with E-state index in [0.29, 0.717) is 5.75 Å². The highest BCUT2D eigenvalue weighted by atomic mass is 16.5.